The summed E-state index contributed by atoms with van der Waals surface area (Å²) in [5.41, 5.74) is 7.36. The van der Waals surface area contributed by atoms with Gasteiger partial charge >= 0.3 is 0 Å². The highest BCUT2D eigenvalue weighted by molar-refractivity contribution is 7.26. The molecule has 0 saturated heterocycles. The molecule has 0 unspecified atom stereocenters. The van der Waals surface area contributed by atoms with Crippen LogP contribution in [0.1, 0.15) is 0 Å². The van der Waals surface area contributed by atoms with E-state index in [1.54, 1.807) is 0 Å². The van der Waals surface area contributed by atoms with Crippen molar-refractivity contribution in [2.45, 2.75) is 0 Å². The lowest BCUT2D eigenvalue weighted by atomic mass is 10.0. The summed E-state index contributed by atoms with van der Waals surface area (Å²) in [6.07, 6.45) is 0. The first-order valence-corrected chi connectivity index (χ1v) is 15.5. The summed E-state index contributed by atoms with van der Waals surface area (Å²) in [6, 6.07) is 53.4. The van der Waals surface area contributed by atoms with E-state index >= 15 is 0 Å². The van der Waals surface area contributed by atoms with Crippen molar-refractivity contribution in [1.82, 2.24) is 9.13 Å². The number of benzene rings is 7. The molecule has 10 rings (SSSR count). The molecular formula is C40H24N2S. The molecule has 3 heteroatoms. The second kappa shape index (κ2) is 8.57. The van der Waals surface area contributed by atoms with Crippen molar-refractivity contribution in [3.05, 3.63) is 146 Å². The number of hydrogen-bond donors (Lipinski definition) is 0. The zero-order valence-electron chi connectivity index (χ0n) is 23.2. The van der Waals surface area contributed by atoms with E-state index in [2.05, 4.69) is 155 Å². The fourth-order valence-corrected chi connectivity index (χ4v) is 8.41. The van der Waals surface area contributed by atoms with Crippen molar-refractivity contribution in [2.75, 3.05) is 0 Å². The number of hydrogen-bond acceptors (Lipinski definition) is 1. The predicted octanol–water partition coefficient (Wildman–Crippen LogP) is 11.4. The highest BCUT2D eigenvalue weighted by Crippen LogP contribution is 2.42. The number of aromatic nitrogens is 2. The van der Waals surface area contributed by atoms with Gasteiger partial charge in [-0.3, -0.25) is 0 Å². The average molecular weight is 565 g/mol. The van der Waals surface area contributed by atoms with Gasteiger partial charge in [0.05, 0.1) is 32.5 Å². The molecule has 3 aromatic heterocycles. The number of para-hydroxylation sites is 3. The van der Waals surface area contributed by atoms with Crippen molar-refractivity contribution < 1.29 is 0 Å². The zero-order valence-corrected chi connectivity index (χ0v) is 24.0. The highest BCUT2D eigenvalue weighted by atomic mass is 32.1. The van der Waals surface area contributed by atoms with E-state index in [1.165, 1.54) is 85.9 Å². The summed E-state index contributed by atoms with van der Waals surface area (Å²) in [7, 11) is 0. The first kappa shape index (κ1) is 23.2. The lowest BCUT2D eigenvalue weighted by molar-refractivity contribution is 1.18. The Morgan fingerprint density at radius 1 is 0.372 bits per heavy atom. The van der Waals surface area contributed by atoms with Gasteiger partial charge in [0, 0.05) is 42.7 Å². The molecule has 0 amide bonds. The summed E-state index contributed by atoms with van der Waals surface area (Å²) < 4.78 is 7.54. The van der Waals surface area contributed by atoms with Gasteiger partial charge in [-0.15, -0.1) is 11.3 Å². The SMILES string of the molecule is c1ccc(-n2c3ccccc3c3cc4cc5c6ccccc6n(-c6cccc7c6sc6ccccc67)c5cc4cc32)cc1. The van der Waals surface area contributed by atoms with Crippen molar-refractivity contribution >= 4 is 85.9 Å². The molecular weight excluding hydrogens is 541 g/mol. The van der Waals surface area contributed by atoms with Gasteiger partial charge < -0.3 is 9.13 Å². The molecule has 0 aliphatic heterocycles. The molecule has 3 heterocycles. The van der Waals surface area contributed by atoms with E-state index < -0.39 is 0 Å². The van der Waals surface area contributed by atoms with Crippen molar-refractivity contribution in [1.29, 1.82) is 0 Å². The zero-order chi connectivity index (χ0) is 28.1. The number of fused-ring (bicyclic) bond motifs is 10. The van der Waals surface area contributed by atoms with Crippen LogP contribution in [-0.4, -0.2) is 9.13 Å². The molecule has 2 nitrogen and oxygen atoms in total. The van der Waals surface area contributed by atoms with Crippen LogP contribution in [0.3, 0.4) is 0 Å². The maximum absolute atomic E-state index is 2.48. The smallest absolute Gasteiger partial charge is 0.0640 e. The number of rotatable bonds is 2. The summed E-state index contributed by atoms with van der Waals surface area (Å²) in [5, 5.41) is 10.3. The van der Waals surface area contributed by atoms with Crippen LogP contribution in [0.15, 0.2) is 146 Å². The van der Waals surface area contributed by atoms with E-state index in [-0.39, 0.29) is 0 Å². The molecule has 0 bridgehead atoms. The van der Waals surface area contributed by atoms with Crippen LogP contribution >= 0.6 is 11.3 Å². The maximum atomic E-state index is 2.48. The Hall–Kier alpha value is -5.38. The van der Waals surface area contributed by atoms with E-state index in [0.717, 1.165) is 0 Å². The van der Waals surface area contributed by atoms with Crippen LogP contribution in [0.4, 0.5) is 0 Å². The second-order valence-corrected chi connectivity index (χ2v) is 12.4. The van der Waals surface area contributed by atoms with Gasteiger partial charge in [0.2, 0.25) is 0 Å². The molecule has 10 aromatic rings. The van der Waals surface area contributed by atoms with E-state index in [1.807, 2.05) is 11.3 Å². The normalized spacial score (nSPS) is 12.2. The van der Waals surface area contributed by atoms with Gasteiger partial charge in [-0.2, -0.15) is 0 Å². The molecule has 0 atom stereocenters. The molecule has 7 aromatic carbocycles. The first-order valence-electron chi connectivity index (χ1n) is 14.7. The van der Waals surface area contributed by atoms with Crippen LogP contribution in [0, 0.1) is 0 Å². The first-order chi connectivity index (χ1) is 21.3. The molecule has 0 fully saturated rings. The van der Waals surface area contributed by atoms with Gasteiger partial charge in [-0.1, -0.05) is 84.9 Å². The quantitative estimate of drug-likeness (QED) is 0.198. The molecule has 0 spiro atoms. The minimum atomic E-state index is 1.18. The molecule has 200 valence electrons. The molecule has 0 N–H and O–H groups in total. The average Bonchev–Trinajstić information content (AvgIpc) is 3.70. The molecule has 0 aliphatic rings. The monoisotopic (exact) mass is 564 g/mol. The third-order valence-electron chi connectivity index (χ3n) is 9.06. The Labute approximate surface area is 251 Å². The van der Waals surface area contributed by atoms with Gasteiger partial charge in [0.25, 0.3) is 0 Å². The molecule has 0 aliphatic carbocycles. The topological polar surface area (TPSA) is 9.86 Å². The van der Waals surface area contributed by atoms with E-state index in [9.17, 15) is 0 Å². The lowest BCUT2D eigenvalue weighted by Gasteiger charge is -2.11. The lowest BCUT2D eigenvalue weighted by Crippen LogP contribution is -1.94. The molecule has 43 heavy (non-hydrogen) atoms. The molecule has 0 saturated carbocycles. The fraction of sp³-hybridized carbons (Fsp3) is 0. The number of thiophene rings is 1. The Bertz CT molecular complexity index is 2720. The van der Waals surface area contributed by atoms with Crippen LogP contribution in [-0.2, 0) is 0 Å². The van der Waals surface area contributed by atoms with Crippen molar-refractivity contribution in [3.8, 4) is 11.4 Å². The van der Waals surface area contributed by atoms with Crippen LogP contribution < -0.4 is 0 Å². The van der Waals surface area contributed by atoms with E-state index in [0.29, 0.717) is 0 Å². The second-order valence-electron chi connectivity index (χ2n) is 11.4. The highest BCUT2D eigenvalue weighted by Gasteiger charge is 2.18. The Morgan fingerprint density at radius 2 is 0.930 bits per heavy atom. The summed E-state index contributed by atoms with van der Waals surface area (Å²) in [5.74, 6) is 0. The predicted molar refractivity (Wildman–Crippen MR) is 186 cm³/mol. The van der Waals surface area contributed by atoms with Gasteiger partial charge in [-0.25, -0.2) is 0 Å². The van der Waals surface area contributed by atoms with Crippen molar-refractivity contribution in [3.63, 3.8) is 0 Å². The van der Waals surface area contributed by atoms with Gasteiger partial charge in [0.1, 0.15) is 0 Å². The maximum Gasteiger partial charge on any atom is 0.0640 e. The van der Waals surface area contributed by atoms with Crippen LogP contribution in [0.5, 0.6) is 0 Å². The Kier molecular flexibility index (Phi) is 4.63. The molecule has 0 radical (unpaired) electrons. The van der Waals surface area contributed by atoms with Crippen LogP contribution in [0.2, 0.25) is 0 Å². The summed E-state index contributed by atoms with van der Waals surface area (Å²) in [4.78, 5) is 0. The third-order valence-corrected chi connectivity index (χ3v) is 10.3. The minimum absolute atomic E-state index is 1.18. The Morgan fingerprint density at radius 3 is 1.67 bits per heavy atom. The fourth-order valence-electron chi connectivity index (χ4n) is 7.20. The standard InChI is InChI=1S/C40H24N2S/c1-2-11-27(12-3-1)41-34-17-7-4-13-28(34)32-21-25-22-33-29-14-5-8-18-35(29)42(38(33)24-26(25)23-37(32)41)36-19-10-16-31-30-15-6-9-20-39(30)43-40(31)36/h1-24H. The third kappa shape index (κ3) is 3.17. The van der Waals surface area contributed by atoms with Crippen molar-refractivity contribution in [2.24, 2.45) is 0 Å². The van der Waals surface area contributed by atoms with Crippen LogP contribution in [0.25, 0.3) is 85.9 Å². The van der Waals surface area contributed by atoms with E-state index in [4.69, 9.17) is 0 Å². The largest absolute Gasteiger partial charge is 0.309 e. The van der Waals surface area contributed by atoms with Gasteiger partial charge in [-0.05, 0) is 71.4 Å². The number of nitrogens with zero attached hydrogens (tertiary/aromatic N) is 2. The van der Waals surface area contributed by atoms with Gasteiger partial charge in [0.15, 0.2) is 0 Å². The Balaban J connectivity index is 1.34. The summed E-state index contributed by atoms with van der Waals surface area (Å²) >= 11 is 1.89. The minimum Gasteiger partial charge on any atom is -0.309 e. The summed E-state index contributed by atoms with van der Waals surface area (Å²) in [6.45, 7) is 0.